The highest BCUT2D eigenvalue weighted by atomic mass is 16.5. The molecule has 2 atom stereocenters. The van der Waals surface area contributed by atoms with Gasteiger partial charge in [-0.1, -0.05) is 218 Å². The van der Waals surface area contributed by atoms with Crippen LogP contribution in [-0.2, 0) is 14.3 Å². The van der Waals surface area contributed by atoms with Crippen molar-refractivity contribution in [2.75, 3.05) is 13.2 Å². The Morgan fingerprint density at radius 1 is 0.450 bits per heavy atom. The van der Waals surface area contributed by atoms with Crippen LogP contribution in [-0.4, -0.2) is 47.4 Å². The summed E-state index contributed by atoms with van der Waals surface area (Å²) in [5.41, 5.74) is 0. The van der Waals surface area contributed by atoms with Crippen molar-refractivity contribution in [2.24, 2.45) is 0 Å². The molecule has 0 heterocycles. The fraction of sp³-hybridized carbons (Fsp3) is 0.889. The molecule has 6 heteroatoms. The molecule has 6 nitrogen and oxygen atoms in total. The number of amides is 1. The molecule has 0 bridgehead atoms. The predicted molar refractivity (Wildman–Crippen MR) is 260 cm³/mol. The summed E-state index contributed by atoms with van der Waals surface area (Å²) in [6.07, 6.45) is 58.7. The van der Waals surface area contributed by atoms with Crippen LogP contribution in [0.25, 0.3) is 0 Å². The van der Waals surface area contributed by atoms with Crippen molar-refractivity contribution in [3.63, 3.8) is 0 Å². The number of aliphatic hydroxyl groups is 2. The maximum Gasteiger partial charge on any atom is 0.305 e. The molecule has 354 valence electrons. The summed E-state index contributed by atoms with van der Waals surface area (Å²) in [6.45, 7) is 4.90. The Morgan fingerprint density at radius 3 is 1.22 bits per heavy atom. The summed E-state index contributed by atoms with van der Waals surface area (Å²) in [6, 6.07) is -0.546. The van der Waals surface area contributed by atoms with Crippen molar-refractivity contribution in [2.45, 2.75) is 296 Å². The lowest BCUT2D eigenvalue weighted by Gasteiger charge is -2.22. The average molecular weight is 846 g/mol. The topological polar surface area (TPSA) is 95.9 Å². The van der Waals surface area contributed by atoms with Gasteiger partial charge in [-0.3, -0.25) is 9.59 Å². The number of carbonyl (C=O) groups is 2. The van der Waals surface area contributed by atoms with Crippen molar-refractivity contribution in [3.05, 3.63) is 24.3 Å². The molecule has 0 aliphatic heterocycles. The Labute approximate surface area is 373 Å². The minimum atomic E-state index is -0.668. The summed E-state index contributed by atoms with van der Waals surface area (Å²) >= 11 is 0. The van der Waals surface area contributed by atoms with Crippen LogP contribution in [0.1, 0.15) is 284 Å². The second kappa shape index (κ2) is 50.0. The van der Waals surface area contributed by atoms with Gasteiger partial charge >= 0.3 is 5.97 Å². The molecule has 0 aromatic carbocycles. The summed E-state index contributed by atoms with van der Waals surface area (Å²) in [4.78, 5) is 24.4. The van der Waals surface area contributed by atoms with Crippen LogP contribution in [0.3, 0.4) is 0 Å². The maximum atomic E-state index is 12.4. The highest BCUT2D eigenvalue weighted by molar-refractivity contribution is 5.76. The number of carbonyl (C=O) groups excluding carboxylic acids is 2. The molecule has 0 aliphatic carbocycles. The predicted octanol–water partition coefficient (Wildman–Crippen LogP) is 15.9. The zero-order valence-corrected chi connectivity index (χ0v) is 40.2. The highest BCUT2D eigenvalue weighted by Crippen LogP contribution is 2.16. The lowest BCUT2D eigenvalue weighted by atomic mass is 10.0. The van der Waals surface area contributed by atoms with E-state index in [4.69, 9.17) is 4.74 Å². The maximum absolute atomic E-state index is 12.4. The van der Waals surface area contributed by atoms with Gasteiger partial charge in [0.1, 0.15) is 0 Å². The van der Waals surface area contributed by atoms with Crippen molar-refractivity contribution >= 4 is 11.9 Å². The van der Waals surface area contributed by atoms with E-state index in [9.17, 15) is 19.8 Å². The van der Waals surface area contributed by atoms with Crippen LogP contribution in [0.4, 0.5) is 0 Å². The molecule has 0 radical (unpaired) electrons. The molecule has 0 aromatic heterocycles. The smallest absolute Gasteiger partial charge is 0.305 e. The van der Waals surface area contributed by atoms with Crippen LogP contribution in [0.15, 0.2) is 24.3 Å². The lowest BCUT2D eigenvalue weighted by Crippen LogP contribution is -2.45. The van der Waals surface area contributed by atoms with Crippen LogP contribution < -0.4 is 5.32 Å². The Morgan fingerprint density at radius 2 is 0.783 bits per heavy atom. The van der Waals surface area contributed by atoms with E-state index in [1.807, 2.05) is 0 Å². The molecule has 0 aliphatic rings. The van der Waals surface area contributed by atoms with E-state index in [0.717, 1.165) is 44.9 Å². The van der Waals surface area contributed by atoms with Gasteiger partial charge in [0.15, 0.2) is 0 Å². The second-order valence-corrected chi connectivity index (χ2v) is 18.2. The molecule has 0 saturated heterocycles. The Bertz CT molecular complexity index is 935. The van der Waals surface area contributed by atoms with E-state index in [-0.39, 0.29) is 18.5 Å². The first-order valence-corrected chi connectivity index (χ1v) is 26.6. The largest absolute Gasteiger partial charge is 0.466 e. The quantitative estimate of drug-likeness (QED) is 0.0322. The summed E-state index contributed by atoms with van der Waals surface area (Å²) in [5.74, 6) is -0.0491. The third-order valence-electron chi connectivity index (χ3n) is 12.2. The molecule has 2 unspecified atom stereocenters. The van der Waals surface area contributed by atoms with Gasteiger partial charge in [-0.25, -0.2) is 0 Å². The molecule has 1 amide bonds. The first-order valence-electron chi connectivity index (χ1n) is 26.6. The Kier molecular flexibility index (Phi) is 48.6. The van der Waals surface area contributed by atoms with E-state index in [1.165, 1.54) is 205 Å². The number of esters is 1. The number of unbranched alkanes of at least 4 members (excludes halogenated alkanes) is 34. The average Bonchev–Trinajstić information content (AvgIpc) is 3.25. The minimum Gasteiger partial charge on any atom is -0.466 e. The van der Waals surface area contributed by atoms with Crippen LogP contribution in [0, 0.1) is 0 Å². The molecule has 0 aromatic rings. The first kappa shape index (κ1) is 58.3. The van der Waals surface area contributed by atoms with Gasteiger partial charge in [0.2, 0.25) is 5.91 Å². The number of hydrogen-bond acceptors (Lipinski definition) is 5. The van der Waals surface area contributed by atoms with E-state index in [1.54, 1.807) is 0 Å². The van der Waals surface area contributed by atoms with Gasteiger partial charge < -0.3 is 20.3 Å². The molecular formula is C54H103NO5. The fourth-order valence-electron chi connectivity index (χ4n) is 8.10. The van der Waals surface area contributed by atoms with Crippen LogP contribution in [0.5, 0.6) is 0 Å². The molecule has 3 N–H and O–H groups in total. The number of aliphatic hydroxyl groups excluding tert-OH is 2. The van der Waals surface area contributed by atoms with Crippen LogP contribution >= 0.6 is 0 Å². The summed E-state index contributed by atoms with van der Waals surface area (Å²) in [7, 11) is 0. The van der Waals surface area contributed by atoms with E-state index in [0.29, 0.717) is 25.9 Å². The number of ether oxygens (including phenoxy) is 1. The SMILES string of the molecule is CCCCC/C=C\CCCCCCCC(=O)OCCCCCCCCCCC/C=C\CCCCCCCCCC(=O)NC(CO)C(O)CCCCCCCCCCCCC. The van der Waals surface area contributed by atoms with Gasteiger partial charge in [0, 0.05) is 12.8 Å². The second-order valence-electron chi connectivity index (χ2n) is 18.2. The molecular weight excluding hydrogens is 743 g/mol. The van der Waals surface area contributed by atoms with E-state index >= 15 is 0 Å². The lowest BCUT2D eigenvalue weighted by molar-refractivity contribution is -0.143. The van der Waals surface area contributed by atoms with E-state index < -0.39 is 12.1 Å². The molecule has 0 saturated carbocycles. The van der Waals surface area contributed by atoms with Gasteiger partial charge in [0.05, 0.1) is 25.4 Å². The number of allylic oxidation sites excluding steroid dienone is 4. The van der Waals surface area contributed by atoms with Gasteiger partial charge in [-0.15, -0.1) is 0 Å². The van der Waals surface area contributed by atoms with Gasteiger partial charge in [0.25, 0.3) is 0 Å². The Hall–Kier alpha value is -1.66. The van der Waals surface area contributed by atoms with Crippen LogP contribution in [0.2, 0.25) is 0 Å². The van der Waals surface area contributed by atoms with E-state index in [2.05, 4.69) is 43.5 Å². The normalized spacial score (nSPS) is 12.8. The fourth-order valence-corrected chi connectivity index (χ4v) is 8.10. The van der Waals surface area contributed by atoms with Crippen molar-refractivity contribution in [3.8, 4) is 0 Å². The third kappa shape index (κ3) is 45.9. The number of rotatable bonds is 49. The number of nitrogens with one attached hydrogen (secondary N) is 1. The monoisotopic (exact) mass is 846 g/mol. The molecule has 0 spiro atoms. The van der Waals surface area contributed by atoms with Crippen molar-refractivity contribution in [1.82, 2.24) is 5.32 Å². The number of hydrogen-bond donors (Lipinski definition) is 3. The standard InChI is InChI=1S/C54H103NO5/c1-3-5-7-9-11-13-15-28-32-36-40-44-48-54(59)60-49-45-41-37-33-29-25-23-21-19-17-16-18-20-22-24-27-31-35-39-43-47-53(58)55-51(50-56)52(57)46-42-38-34-30-26-14-12-10-8-6-4-2/h11,13,16,18,51-52,56-57H,3-10,12,14-15,17,19-50H2,1-2H3,(H,55,58)/b13-11-,18-16-. The minimum absolute atomic E-state index is 0.00421. The zero-order valence-electron chi connectivity index (χ0n) is 40.2. The first-order chi connectivity index (χ1) is 29.5. The molecule has 60 heavy (non-hydrogen) atoms. The zero-order chi connectivity index (χ0) is 43.7. The summed E-state index contributed by atoms with van der Waals surface area (Å²) < 4.78 is 5.45. The third-order valence-corrected chi connectivity index (χ3v) is 12.2. The highest BCUT2D eigenvalue weighted by Gasteiger charge is 2.20. The molecule has 0 rings (SSSR count). The van der Waals surface area contributed by atoms with Crippen molar-refractivity contribution in [1.29, 1.82) is 0 Å². The van der Waals surface area contributed by atoms with Gasteiger partial charge in [-0.2, -0.15) is 0 Å². The van der Waals surface area contributed by atoms with Crippen molar-refractivity contribution < 1.29 is 24.5 Å². The summed E-state index contributed by atoms with van der Waals surface area (Å²) in [5, 5.41) is 23.1. The Balaban J connectivity index is 3.43. The molecule has 0 fully saturated rings. The van der Waals surface area contributed by atoms with Gasteiger partial charge in [-0.05, 0) is 77.0 Å².